The third-order valence-corrected chi connectivity index (χ3v) is 2.99. The fourth-order valence-corrected chi connectivity index (χ4v) is 2.22. The largest absolute Gasteiger partial charge is 0.494 e. The summed E-state index contributed by atoms with van der Waals surface area (Å²) in [6.45, 7) is 7.05. The van der Waals surface area contributed by atoms with E-state index in [-0.39, 0.29) is 0 Å². The van der Waals surface area contributed by atoms with Crippen LogP contribution in [0.4, 0.5) is 0 Å². The lowest BCUT2D eigenvalue weighted by Gasteiger charge is -2.17. The molecule has 0 amide bonds. The average molecular weight is 230 g/mol. The Kier molecular flexibility index (Phi) is 5.63. The van der Waals surface area contributed by atoms with Gasteiger partial charge in [-0.1, -0.05) is 19.4 Å². The molecule has 0 fully saturated rings. The number of ether oxygens (including phenoxy) is 1. The Morgan fingerprint density at radius 2 is 2.12 bits per heavy atom. The molecule has 1 aromatic rings. The van der Waals surface area contributed by atoms with E-state index in [1.165, 1.54) is 17.5 Å². The van der Waals surface area contributed by atoms with Crippen LogP contribution in [0.25, 0.3) is 0 Å². The summed E-state index contributed by atoms with van der Waals surface area (Å²) < 4.78 is 5.50. The highest BCUT2D eigenvalue weighted by Crippen LogP contribution is 2.29. The summed E-state index contributed by atoms with van der Waals surface area (Å²) in [5.74, 6) is 4.22. The van der Waals surface area contributed by atoms with Crippen LogP contribution in [0.15, 0.2) is 18.2 Å². The quantitative estimate of drug-likeness (QED) is 0.662. The normalized spacial score (nSPS) is 11.9. The second kappa shape index (κ2) is 7.01. The molecule has 17 heavy (non-hydrogen) atoms. The zero-order chi connectivity index (χ0) is 12.7. The van der Waals surface area contributed by atoms with Crippen LogP contribution < -0.4 is 4.74 Å². The highest BCUT2D eigenvalue weighted by molar-refractivity contribution is 5.37. The molecule has 92 valence electrons. The molecule has 0 aromatic heterocycles. The molecule has 1 unspecified atom stereocenters. The van der Waals surface area contributed by atoms with Crippen LogP contribution >= 0.6 is 0 Å². The molecule has 0 saturated carbocycles. The van der Waals surface area contributed by atoms with Crippen LogP contribution in [0, 0.1) is 19.3 Å². The minimum absolute atomic E-state index is 0.487. The van der Waals surface area contributed by atoms with Gasteiger partial charge < -0.3 is 4.74 Å². The molecule has 0 aliphatic heterocycles. The predicted octanol–water partition coefficient (Wildman–Crippen LogP) is 4.30. The molecule has 0 spiro atoms. The summed E-state index contributed by atoms with van der Waals surface area (Å²) in [5.41, 5.74) is 2.65. The lowest BCUT2D eigenvalue weighted by atomic mass is 9.89. The van der Waals surface area contributed by atoms with Gasteiger partial charge in [-0.2, -0.15) is 0 Å². The molecule has 0 heterocycles. The number of rotatable bonds is 6. The van der Waals surface area contributed by atoms with E-state index in [4.69, 9.17) is 11.2 Å². The van der Waals surface area contributed by atoms with Gasteiger partial charge in [0.05, 0.1) is 6.61 Å². The Morgan fingerprint density at radius 1 is 1.35 bits per heavy atom. The first kappa shape index (κ1) is 13.6. The maximum absolute atomic E-state index is 5.50. The van der Waals surface area contributed by atoms with E-state index in [2.05, 4.69) is 31.9 Å². The number of hydrogen-bond donors (Lipinski definition) is 0. The summed E-state index contributed by atoms with van der Waals surface area (Å²) >= 11 is 0. The number of aryl methyl sites for hydroxylation is 1. The monoisotopic (exact) mass is 230 g/mol. The average Bonchev–Trinajstić information content (AvgIpc) is 2.29. The molecule has 0 aliphatic rings. The Labute approximate surface area is 105 Å². The van der Waals surface area contributed by atoms with Crippen molar-refractivity contribution in [3.63, 3.8) is 0 Å². The third kappa shape index (κ3) is 3.82. The van der Waals surface area contributed by atoms with Crippen molar-refractivity contribution >= 4 is 0 Å². The van der Waals surface area contributed by atoms with Crippen molar-refractivity contribution in [2.24, 2.45) is 0 Å². The van der Waals surface area contributed by atoms with Gasteiger partial charge in [0, 0.05) is 6.42 Å². The number of hydrogen-bond acceptors (Lipinski definition) is 1. The first-order valence-corrected chi connectivity index (χ1v) is 6.39. The number of benzene rings is 1. The zero-order valence-corrected chi connectivity index (χ0v) is 11.1. The Balaban J connectivity index is 2.92. The SMILES string of the molecule is C#CCC(CCC)c1ccc(OCC)cc1C. The van der Waals surface area contributed by atoms with Crippen LogP contribution in [0.1, 0.15) is 50.2 Å². The van der Waals surface area contributed by atoms with Crippen molar-refractivity contribution < 1.29 is 4.74 Å². The molecule has 1 heteroatoms. The minimum atomic E-state index is 0.487. The second-order valence-electron chi connectivity index (χ2n) is 4.35. The van der Waals surface area contributed by atoms with Gasteiger partial charge in [-0.05, 0) is 49.4 Å². The lowest BCUT2D eigenvalue weighted by Crippen LogP contribution is -2.01. The van der Waals surface area contributed by atoms with Crippen molar-refractivity contribution in [3.05, 3.63) is 29.3 Å². The third-order valence-electron chi connectivity index (χ3n) is 2.99. The summed E-state index contributed by atoms with van der Waals surface area (Å²) in [6, 6.07) is 6.32. The van der Waals surface area contributed by atoms with Gasteiger partial charge in [-0.25, -0.2) is 0 Å². The van der Waals surface area contributed by atoms with Gasteiger partial charge in [-0.3, -0.25) is 0 Å². The van der Waals surface area contributed by atoms with E-state index in [1.54, 1.807) is 0 Å². The van der Waals surface area contributed by atoms with Gasteiger partial charge in [0.2, 0.25) is 0 Å². The zero-order valence-electron chi connectivity index (χ0n) is 11.1. The minimum Gasteiger partial charge on any atom is -0.494 e. The summed E-state index contributed by atoms with van der Waals surface area (Å²) in [6.07, 6.45) is 8.59. The van der Waals surface area contributed by atoms with E-state index < -0.39 is 0 Å². The first-order valence-electron chi connectivity index (χ1n) is 6.39. The van der Waals surface area contributed by atoms with Crippen molar-refractivity contribution in [2.45, 2.75) is 46.0 Å². The molecule has 0 aliphatic carbocycles. The van der Waals surface area contributed by atoms with Crippen LogP contribution in [0.2, 0.25) is 0 Å². The van der Waals surface area contributed by atoms with Crippen molar-refractivity contribution in [1.29, 1.82) is 0 Å². The van der Waals surface area contributed by atoms with Gasteiger partial charge in [0.25, 0.3) is 0 Å². The van der Waals surface area contributed by atoms with Crippen LogP contribution in [-0.4, -0.2) is 6.61 Å². The molecule has 1 rings (SSSR count). The fourth-order valence-electron chi connectivity index (χ4n) is 2.22. The maximum atomic E-state index is 5.50. The molecule has 0 radical (unpaired) electrons. The van der Waals surface area contributed by atoms with Crippen LogP contribution in [0.5, 0.6) is 5.75 Å². The first-order chi connectivity index (χ1) is 8.22. The van der Waals surface area contributed by atoms with Gasteiger partial charge in [0.1, 0.15) is 5.75 Å². The molecular formula is C16H22O. The van der Waals surface area contributed by atoms with Crippen LogP contribution in [0.3, 0.4) is 0 Å². The van der Waals surface area contributed by atoms with E-state index in [1.807, 2.05) is 13.0 Å². The van der Waals surface area contributed by atoms with Gasteiger partial charge in [0.15, 0.2) is 0 Å². The van der Waals surface area contributed by atoms with Gasteiger partial charge in [-0.15, -0.1) is 12.3 Å². The predicted molar refractivity (Wildman–Crippen MR) is 73.4 cm³/mol. The summed E-state index contributed by atoms with van der Waals surface area (Å²) in [5, 5.41) is 0. The van der Waals surface area contributed by atoms with E-state index in [0.717, 1.165) is 18.6 Å². The molecule has 0 bridgehead atoms. The highest BCUT2D eigenvalue weighted by Gasteiger charge is 2.12. The van der Waals surface area contributed by atoms with E-state index >= 15 is 0 Å². The molecule has 1 nitrogen and oxygen atoms in total. The molecule has 1 aromatic carbocycles. The number of terminal acetylenes is 1. The van der Waals surface area contributed by atoms with Crippen molar-refractivity contribution in [1.82, 2.24) is 0 Å². The lowest BCUT2D eigenvalue weighted by molar-refractivity contribution is 0.340. The fraction of sp³-hybridized carbons (Fsp3) is 0.500. The van der Waals surface area contributed by atoms with Gasteiger partial charge >= 0.3 is 0 Å². The molecule has 0 saturated heterocycles. The molecule has 0 N–H and O–H groups in total. The smallest absolute Gasteiger partial charge is 0.119 e. The van der Waals surface area contributed by atoms with E-state index in [9.17, 15) is 0 Å². The summed E-state index contributed by atoms with van der Waals surface area (Å²) in [4.78, 5) is 0. The summed E-state index contributed by atoms with van der Waals surface area (Å²) in [7, 11) is 0. The van der Waals surface area contributed by atoms with Crippen LogP contribution in [-0.2, 0) is 0 Å². The second-order valence-corrected chi connectivity index (χ2v) is 4.35. The van der Waals surface area contributed by atoms with E-state index in [0.29, 0.717) is 12.5 Å². The molecular weight excluding hydrogens is 208 g/mol. The Hall–Kier alpha value is -1.42. The standard InChI is InChI=1S/C16H22O/c1-5-8-14(9-6-2)16-11-10-15(17-7-3)12-13(16)4/h1,10-12,14H,6-9H2,2-4H3. The highest BCUT2D eigenvalue weighted by atomic mass is 16.5. The molecule has 1 atom stereocenters. The van der Waals surface area contributed by atoms with Crippen molar-refractivity contribution in [2.75, 3.05) is 6.61 Å². The Morgan fingerprint density at radius 3 is 2.65 bits per heavy atom. The maximum Gasteiger partial charge on any atom is 0.119 e. The Bertz CT molecular complexity index is 387. The topological polar surface area (TPSA) is 9.23 Å². The van der Waals surface area contributed by atoms with Crippen molar-refractivity contribution in [3.8, 4) is 18.1 Å².